The van der Waals surface area contributed by atoms with Crippen LogP contribution in [0.5, 0.6) is 11.5 Å². The van der Waals surface area contributed by atoms with E-state index < -0.39 is 10.0 Å². The highest BCUT2D eigenvalue weighted by Gasteiger charge is 2.29. The van der Waals surface area contributed by atoms with Gasteiger partial charge >= 0.3 is 0 Å². The summed E-state index contributed by atoms with van der Waals surface area (Å²) in [5.74, 6) is 1.06. The van der Waals surface area contributed by atoms with Gasteiger partial charge in [0.15, 0.2) is 11.5 Å². The lowest BCUT2D eigenvalue weighted by Gasteiger charge is -2.33. The molecule has 2 aliphatic heterocycles. The zero-order valence-electron chi connectivity index (χ0n) is 12.3. The molecule has 8 heteroatoms. The van der Waals surface area contributed by atoms with E-state index in [1.807, 2.05) is 0 Å². The van der Waals surface area contributed by atoms with Crippen LogP contribution in [0, 0.1) is 0 Å². The van der Waals surface area contributed by atoms with Crippen LogP contribution < -0.4 is 9.47 Å². The summed E-state index contributed by atoms with van der Waals surface area (Å²) in [5.41, 5.74) is 0. The Kier molecular flexibility index (Phi) is 4.53. The summed E-state index contributed by atoms with van der Waals surface area (Å²) in [5, 5.41) is 8.94. The Balaban J connectivity index is 1.76. The summed E-state index contributed by atoms with van der Waals surface area (Å²) in [6.07, 6.45) is 0. The lowest BCUT2D eigenvalue weighted by Crippen LogP contribution is -2.49. The number of sulfonamides is 1. The van der Waals surface area contributed by atoms with E-state index in [1.54, 1.807) is 12.1 Å². The Morgan fingerprint density at radius 3 is 2.41 bits per heavy atom. The van der Waals surface area contributed by atoms with Crippen LogP contribution >= 0.6 is 0 Å². The molecule has 0 radical (unpaired) electrons. The van der Waals surface area contributed by atoms with Gasteiger partial charge in [-0.15, -0.1) is 0 Å². The average molecular weight is 328 g/mol. The van der Waals surface area contributed by atoms with Crippen molar-refractivity contribution in [3.63, 3.8) is 0 Å². The molecule has 0 aromatic heterocycles. The molecule has 1 fully saturated rings. The molecule has 0 saturated carbocycles. The lowest BCUT2D eigenvalue weighted by atomic mass is 10.3. The number of nitrogens with zero attached hydrogens (tertiary/aromatic N) is 2. The second kappa shape index (κ2) is 6.41. The molecule has 1 saturated heterocycles. The van der Waals surface area contributed by atoms with E-state index in [2.05, 4.69) is 4.90 Å². The summed E-state index contributed by atoms with van der Waals surface area (Å²) in [4.78, 5) is 2.28. The number of fused-ring (bicyclic) bond motifs is 1. The van der Waals surface area contributed by atoms with E-state index >= 15 is 0 Å². The number of rotatable bonds is 4. The second-order valence-corrected chi connectivity index (χ2v) is 7.21. The van der Waals surface area contributed by atoms with Gasteiger partial charge in [0, 0.05) is 38.8 Å². The summed E-state index contributed by atoms with van der Waals surface area (Å²) in [7, 11) is -3.53. The van der Waals surface area contributed by atoms with Crippen molar-refractivity contribution >= 4 is 10.0 Å². The van der Waals surface area contributed by atoms with E-state index in [9.17, 15) is 8.42 Å². The molecule has 22 heavy (non-hydrogen) atoms. The van der Waals surface area contributed by atoms with Gasteiger partial charge < -0.3 is 14.6 Å². The van der Waals surface area contributed by atoms with E-state index in [4.69, 9.17) is 14.6 Å². The maximum Gasteiger partial charge on any atom is 0.243 e. The molecular weight excluding hydrogens is 308 g/mol. The van der Waals surface area contributed by atoms with Crippen molar-refractivity contribution in [1.29, 1.82) is 0 Å². The van der Waals surface area contributed by atoms with Gasteiger partial charge in [0.25, 0.3) is 0 Å². The summed E-state index contributed by atoms with van der Waals surface area (Å²) >= 11 is 0. The van der Waals surface area contributed by atoms with E-state index in [0.29, 0.717) is 57.4 Å². The van der Waals surface area contributed by atoms with Crippen LogP contribution in [0.3, 0.4) is 0 Å². The molecule has 3 rings (SSSR count). The van der Waals surface area contributed by atoms with Gasteiger partial charge in [-0.2, -0.15) is 4.31 Å². The first-order chi connectivity index (χ1) is 10.6. The predicted octanol–water partition coefficient (Wildman–Crippen LogP) is -0.244. The fourth-order valence-electron chi connectivity index (χ4n) is 2.67. The van der Waals surface area contributed by atoms with Crippen molar-refractivity contribution in [3.8, 4) is 11.5 Å². The minimum absolute atomic E-state index is 0.0922. The third-order valence-electron chi connectivity index (χ3n) is 3.90. The van der Waals surface area contributed by atoms with Crippen LogP contribution in [0.15, 0.2) is 23.1 Å². The van der Waals surface area contributed by atoms with E-state index in [0.717, 1.165) is 0 Å². The maximum absolute atomic E-state index is 12.7. The molecule has 2 aliphatic rings. The third kappa shape index (κ3) is 3.05. The number of aliphatic hydroxyl groups is 1. The van der Waals surface area contributed by atoms with Crippen molar-refractivity contribution in [2.24, 2.45) is 0 Å². The Labute approximate surface area is 130 Å². The smallest absolute Gasteiger partial charge is 0.243 e. The number of hydrogen-bond acceptors (Lipinski definition) is 6. The molecule has 0 bridgehead atoms. The summed E-state index contributed by atoms with van der Waals surface area (Å²) in [6.45, 7) is 3.69. The SMILES string of the molecule is O=S(=O)(c1ccc2c(c1)OCCO2)N1CCN(CCO)CC1. The first-order valence-corrected chi connectivity index (χ1v) is 8.78. The van der Waals surface area contributed by atoms with Crippen LogP contribution in [0.2, 0.25) is 0 Å². The van der Waals surface area contributed by atoms with Gasteiger partial charge in [0.2, 0.25) is 10.0 Å². The number of ether oxygens (including phenoxy) is 2. The van der Waals surface area contributed by atoms with Crippen molar-refractivity contribution in [3.05, 3.63) is 18.2 Å². The molecule has 1 aromatic rings. The van der Waals surface area contributed by atoms with Gasteiger partial charge in [-0.25, -0.2) is 8.42 Å². The highest BCUT2D eigenvalue weighted by molar-refractivity contribution is 7.89. The second-order valence-electron chi connectivity index (χ2n) is 5.27. The maximum atomic E-state index is 12.7. The van der Waals surface area contributed by atoms with Gasteiger partial charge in [0.05, 0.1) is 11.5 Å². The topological polar surface area (TPSA) is 79.3 Å². The number of β-amino-alcohol motifs (C(OH)–C–C–N with tert-alkyl or cyclic N) is 1. The molecule has 0 aliphatic carbocycles. The Bertz CT molecular complexity index is 626. The van der Waals surface area contributed by atoms with Gasteiger partial charge in [0.1, 0.15) is 13.2 Å². The Morgan fingerprint density at radius 1 is 1.05 bits per heavy atom. The first kappa shape index (κ1) is 15.5. The van der Waals surface area contributed by atoms with Crippen LogP contribution in [0.4, 0.5) is 0 Å². The fourth-order valence-corrected chi connectivity index (χ4v) is 4.11. The highest BCUT2D eigenvalue weighted by Crippen LogP contribution is 2.33. The van der Waals surface area contributed by atoms with Gasteiger partial charge in [-0.3, -0.25) is 4.90 Å². The molecule has 0 atom stereocenters. The standard InChI is InChI=1S/C14H20N2O5S/c17-8-7-15-3-5-16(6-4-15)22(18,19)12-1-2-13-14(11-12)21-10-9-20-13/h1-2,11,17H,3-10H2. The quantitative estimate of drug-likeness (QED) is 0.822. The third-order valence-corrected chi connectivity index (χ3v) is 5.79. The van der Waals surface area contributed by atoms with Crippen molar-refractivity contribution in [2.45, 2.75) is 4.90 Å². The highest BCUT2D eigenvalue weighted by atomic mass is 32.2. The normalized spacial score (nSPS) is 20.0. The van der Waals surface area contributed by atoms with Crippen molar-refractivity contribution < 1.29 is 23.0 Å². The van der Waals surface area contributed by atoms with Gasteiger partial charge in [-0.1, -0.05) is 0 Å². The predicted molar refractivity (Wildman–Crippen MR) is 79.7 cm³/mol. The van der Waals surface area contributed by atoms with E-state index in [1.165, 1.54) is 10.4 Å². The molecule has 7 nitrogen and oxygen atoms in total. The molecule has 0 amide bonds. The summed E-state index contributed by atoms with van der Waals surface area (Å²) < 4.78 is 37.7. The number of benzene rings is 1. The first-order valence-electron chi connectivity index (χ1n) is 7.34. The largest absolute Gasteiger partial charge is 0.486 e. The van der Waals surface area contributed by atoms with E-state index in [-0.39, 0.29) is 11.5 Å². The molecular formula is C14H20N2O5S. The van der Waals surface area contributed by atoms with Crippen molar-refractivity contribution in [2.75, 3.05) is 52.5 Å². The molecule has 122 valence electrons. The molecule has 1 N–H and O–H groups in total. The molecule has 0 spiro atoms. The monoisotopic (exact) mass is 328 g/mol. The molecule has 1 aromatic carbocycles. The minimum Gasteiger partial charge on any atom is -0.486 e. The van der Waals surface area contributed by atoms with Gasteiger partial charge in [-0.05, 0) is 12.1 Å². The van der Waals surface area contributed by atoms with Crippen LogP contribution in [0.1, 0.15) is 0 Å². The van der Waals surface area contributed by atoms with Crippen LogP contribution in [-0.4, -0.2) is 75.3 Å². The fraction of sp³-hybridized carbons (Fsp3) is 0.571. The zero-order chi connectivity index (χ0) is 15.6. The number of piperazine rings is 1. The average Bonchev–Trinajstić information content (AvgIpc) is 2.55. The Hall–Kier alpha value is -1.35. The van der Waals surface area contributed by atoms with Crippen molar-refractivity contribution in [1.82, 2.24) is 9.21 Å². The minimum atomic E-state index is -3.53. The number of aliphatic hydroxyl groups excluding tert-OH is 1. The lowest BCUT2D eigenvalue weighted by molar-refractivity contribution is 0.151. The number of hydrogen-bond donors (Lipinski definition) is 1. The van der Waals surface area contributed by atoms with Crippen LogP contribution in [0.25, 0.3) is 0 Å². The van der Waals surface area contributed by atoms with Crippen LogP contribution in [-0.2, 0) is 10.0 Å². The molecule has 2 heterocycles. The summed E-state index contributed by atoms with van der Waals surface area (Å²) in [6, 6.07) is 4.73. The zero-order valence-corrected chi connectivity index (χ0v) is 13.1. The Morgan fingerprint density at radius 2 is 1.73 bits per heavy atom. The molecule has 0 unspecified atom stereocenters.